The van der Waals surface area contributed by atoms with Gasteiger partial charge in [-0.3, -0.25) is 9.59 Å². The summed E-state index contributed by atoms with van der Waals surface area (Å²) in [4.78, 5) is 23.4. The van der Waals surface area contributed by atoms with E-state index < -0.39 is 0 Å². The van der Waals surface area contributed by atoms with Crippen LogP contribution in [0.4, 0.5) is 0 Å². The third-order valence-corrected chi connectivity index (χ3v) is 6.06. The first-order valence-electron chi connectivity index (χ1n) is 8.67. The van der Waals surface area contributed by atoms with Gasteiger partial charge < -0.3 is 0 Å². The quantitative estimate of drug-likeness (QED) is 0.718. The molecule has 0 heterocycles. The number of allylic oxidation sites excluding steroid dienone is 4. The summed E-state index contributed by atoms with van der Waals surface area (Å²) in [5.74, 6) is 3.11. The summed E-state index contributed by atoms with van der Waals surface area (Å²) in [7, 11) is 0. The average molecular weight is 284 g/mol. The fraction of sp³-hybridized carbons (Fsp3) is 0.684. The van der Waals surface area contributed by atoms with Crippen LogP contribution in [-0.2, 0) is 9.59 Å². The zero-order valence-corrected chi connectivity index (χ0v) is 12.6. The zero-order chi connectivity index (χ0) is 14.4. The van der Waals surface area contributed by atoms with Crippen LogP contribution in [0.2, 0.25) is 0 Å². The van der Waals surface area contributed by atoms with Crippen molar-refractivity contribution in [1.29, 1.82) is 0 Å². The lowest BCUT2D eigenvalue weighted by Crippen LogP contribution is -2.21. The first-order chi connectivity index (χ1) is 10.2. The Kier molecular flexibility index (Phi) is 3.35. The lowest BCUT2D eigenvalue weighted by molar-refractivity contribution is -0.122. The summed E-state index contributed by atoms with van der Waals surface area (Å²) in [6.07, 6.45) is 13.9. The van der Waals surface area contributed by atoms with Crippen molar-refractivity contribution in [3.63, 3.8) is 0 Å². The lowest BCUT2D eigenvalue weighted by atomic mass is 9.76. The van der Waals surface area contributed by atoms with Gasteiger partial charge in [-0.1, -0.05) is 23.3 Å². The molecule has 0 saturated heterocycles. The van der Waals surface area contributed by atoms with E-state index in [-0.39, 0.29) is 0 Å². The van der Waals surface area contributed by atoms with E-state index in [2.05, 4.69) is 12.2 Å². The molecule has 112 valence electrons. The monoisotopic (exact) mass is 284 g/mol. The molecular weight excluding hydrogens is 260 g/mol. The Labute approximate surface area is 126 Å². The van der Waals surface area contributed by atoms with Gasteiger partial charge in [-0.15, -0.1) is 0 Å². The Hall–Kier alpha value is -1.18. The minimum Gasteiger partial charge on any atom is -0.300 e. The maximum absolute atomic E-state index is 11.7. The molecule has 0 aromatic rings. The molecule has 2 nitrogen and oxygen atoms in total. The van der Waals surface area contributed by atoms with Crippen molar-refractivity contribution in [2.75, 3.05) is 0 Å². The number of ketones is 2. The van der Waals surface area contributed by atoms with E-state index in [1.165, 1.54) is 19.3 Å². The zero-order valence-electron chi connectivity index (χ0n) is 12.6. The fourth-order valence-corrected chi connectivity index (χ4v) is 5.08. The molecule has 4 aliphatic carbocycles. The minimum atomic E-state index is 0.456. The van der Waals surface area contributed by atoms with Crippen LogP contribution in [0.3, 0.4) is 0 Å². The van der Waals surface area contributed by atoms with Crippen LogP contribution in [0, 0.1) is 23.7 Å². The van der Waals surface area contributed by atoms with Gasteiger partial charge in [0.15, 0.2) is 0 Å². The van der Waals surface area contributed by atoms with E-state index in [9.17, 15) is 9.59 Å². The van der Waals surface area contributed by atoms with Gasteiger partial charge in [0.2, 0.25) is 0 Å². The number of fused-ring (bicyclic) bond motifs is 2. The van der Waals surface area contributed by atoms with Gasteiger partial charge in [-0.05, 0) is 55.8 Å². The van der Waals surface area contributed by atoms with Crippen molar-refractivity contribution >= 4 is 11.6 Å². The van der Waals surface area contributed by atoms with Crippen LogP contribution in [-0.4, -0.2) is 11.6 Å². The first-order valence-corrected chi connectivity index (χ1v) is 8.67. The number of carbonyl (C=O) groups excluding carboxylic acids is 2. The second-order valence-electron chi connectivity index (χ2n) is 7.45. The lowest BCUT2D eigenvalue weighted by Gasteiger charge is -2.28. The van der Waals surface area contributed by atoms with Gasteiger partial charge in [-0.25, -0.2) is 0 Å². The smallest absolute Gasteiger partial charge is 0.133 e. The van der Waals surface area contributed by atoms with Crippen LogP contribution >= 0.6 is 0 Å². The molecule has 4 atom stereocenters. The SMILES string of the molecule is O=C1CCC[C@@H](C2=C[C@H]3C[C@@H]2C=C3[C@@H]2CCCC(=O)C2)C1. The highest BCUT2D eigenvalue weighted by atomic mass is 16.1. The second kappa shape index (κ2) is 5.23. The largest absolute Gasteiger partial charge is 0.300 e. The molecule has 0 amide bonds. The molecule has 2 heteroatoms. The molecular formula is C19H24O2. The Bertz CT molecular complexity index is 492. The van der Waals surface area contributed by atoms with Crippen molar-refractivity contribution in [3.8, 4) is 0 Å². The van der Waals surface area contributed by atoms with Gasteiger partial charge >= 0.3 is 0 Å². The fourth-order valence-electron chi connectivity index (χ4n) is 5.08. The topological polar surface area (TPSA) is 34.1 Å². The molecule has 0 N–H and O–H groups in total. The van der Waals surface area contributed by atoms with Crippen LogP contribution in [0.15, 0.2) is 23.3 Å². The van der Waals surface area contributed by atoms with Gasteiger partial charge in [0.1, 0.15) is 11.6 Å². The van der Waals surface area contributed by atoms with E-state index in [0.29, 0.717) is 35.2 Å². The minimum absolute atomic E-state index is 0.456. The average Bonchev–Trinajstić information content (AvgIpc) is 3.07. The molecule has 0 aliphatic heterocycles. The van der Waals surface area contributed by atoms with E-state index in [4.69, 9.17) is 0 Å². The molecule has 2 saturated carbocycles. The second-order valence-corrected chi connectivity index (χ2v) is 7.45. The van der Waals surface area contributed by atoms with E-state index in [1.807, 2.05) is 0 Å². The number of hydrogen-bond donors (Lipinski definition) is 0. The summed E-state index contributed by atoms with van der Waals surface area (Å²) in [5.41, 5.74) is 3.11. The summed E-state index contributed by atoms with van der Waals surface area (Å²) in [6.45, 7) is 0. The Morgan fingerprint density at radius 1 is 0.762 bits per heavy atom. The summed E-state index contributed by atoms with van der Waals surface area (Å²) in [6, 6.07) is 0. The van der Waals surface area contributed by atoms with Gasteiger partial charge in [0.25, 0.3) is 0 Å². The third kappa shape index (κ3) is 2.43. The van der Waals surface area contributed by atoms with Crippen molar-refractivity contribution in [1.82, 2.24) is 0 Å². The number of rotatable bonds is 2. The standard InChI is InChI=1S/C19H24O2/c20-16-5-1-3-12(8-16)18-10-15-7-14(18)11-19(15)13-4-2-6-17(21)9-13/h10-15H,1-9H2/t12-,13-,14-,15-/m1/s1. The highest BCUT2D eigenvalue weighted by Crippen LogP contribution is 2.51. The van der Waals surface area contributed by atoms with E-state index >= 15 is 0 Å². The molecule has 0 aromatic heterocycles. The molecule has 0 aromatic carbocycles. The Balaban J connectivity index is 1.47. The van der Waals surface area contributed by atoms with Crippen LogP contribution < -0.4 is 0 Å². The molecule has 2 bridgehead atoms. The van der Waals surface area contributed by atoms with Gasteiger partial charge in [0.05, 0.1) is 0 Å². The van der Waals surface area contributed by atoms with Crippen LogP contribution in [0.1, 0.15) is 57.8 Å². The van der Waals surface area contributed by atoms with Crippen molar-refractivity contribution in [3.05, 3.63) is 23.3 Å². The van der Waals surface area contributed by atoms with Gasteiger partial charge in [-0.2, -0.15) is 0 Å². The molecule has 4 rings (SSSR count). The molecule has 4 aliphatic rings. The molecule has 2 fully saturated rings. The molecule has 0 spiro atoms. The van der Waals surface area contributed by atoms with E-state index in [0.717, 1.165) is 38.5 Å². The molecule has 0 radical (unpaired) electrons. The summed E-state index contributed by atoms with van der Waals surface area (Å²) < 4.78 is 0. The van der Waals surface area contributed by atoms with Crippen LogP contribution in [0.25, 0.3) is 0 Å². The van der Waals surface area contributed by atoms with Crippen molar-refractivity contribution < 1.29 is 9.59 Å². The predicted octanol–water partition coefficient (Wildman–Crippen LogP) is 4.01. The van der Waals surface area contributed by atoms with Crippen molar-refractivity contribution in [2.24, 2.45) is 23.7 Å². The molecule has 21 heavy (non-hydrogen) atoms. The predicted molar refractivity (Wildman–Crippen MR) is 81.7 cm³/mol. The Morgan fingerprint density at radius 2 is 1.24 bits per heavy atom. The highest BCUT2D eigenvalue weighted by Gasteiger charge is 2.40. The third-order valence-electron chi connectivity index (χ3n) is 6.06. The maximum Gasteiger partial charge on any atom is 0.133 e. The summed E-state index contributed by atoms with van der Waals surface area (Å²) >= 11 is 0. The highest BCUT2D eigenvalue weighted by molar-refractivity contribution is 5.80. The first kappa shape index (κ1) is 13.5. The number of Topliss-reactive ketones (excluding diaryl/α,β-unsaturated/α-hetero) is 2. The molecule has 0 unspecified atom stereocenters. The van der Waals surface area contributed by atoms with Gasteiger partial charge in [0, 0.05) is 25.7 Å². The number of carbonyl (C=O) groups is 2. The summed E-state index contributed by atoms with van der Waals surface area (Å²) in [5, 5.41) is 0. The maximum atomic E-state index is 11.7. The van der Waals surface area contributed by atoms with Crippen molar-refractivity contribution in [2.45, 2.75) is 57.8 Å². The Morgan fingerprint density at radius 3 is 1.62 bits per heavy atom. The number of hydrogen-bond acceptors (Lipinski definition) is 2. The normalized spacial score (nSPS) is 39.4. The van der Waals surface area contributed by atoms with Crippen LogP contribution in [0.5, 0.6) is 0 Å². The van der Waals surface area contributed by atoms with E-state index in [1.54, 1.807) is 11.1 Å².